The van der Waals surface area contributed by atoms with Gasteiger partial charge in [-0.05, 0) is 18.9 Å². The van der Waals surface area contributed by atoms with Crippen molar-refractivity contribution in [2.45, 2.75) is 31.1 Å². The summed E-state index contributed by atoms with van der Waals surface area (Å²) in [6, 6.07) is 9.25. The van der Waals surface area contributed by atoms with Gasteiger partial charge in [0.15, 0.2) is 0 Å². The Labute approximate surface area is 145 Å². The van der Waals surface area contributed by atoms with Crippen LogP contribution in [0.4, 0.5) is 0 Å². The lowest BCUT2D eigenvalue weighted by Gasteiger charge is -2.27. The number of carbonyl (C=O) groups excluding carboxylic acids is 3. The molecule has 1 fully saturated rings. The maximum Gasteiger partial charge on any atom is 0.329 e. The van der Waals surface area contributed by atoms with Crippen LogP contribution in [-0.2, 0) is 25.5 Å². The lowest BCUT2D eigenvalue weighted by Crippen LogP contribution is -2.52. The minimum absolute atomic E-state index is 0.112. The van der Waals surface area contributed by atoms with E-state index in [0.717, 1.165) is 12.0 Å². The molecule has 1 saturated heterocycles. The highest BCUT2D eigenvalue weighted by Gasteiger charge is 2.34. The van der Waals surface area contributed by atoms with Crippen molar-refractivity contribution >= 4 is 29.5 Å². The molecule has 2 amide bonds. The average molecular weight is 350 g/mol. The van der Waals surface area contributed by atoms with Crippen LogP contribution in [0.25, 0.3) is 0 Å². The van der Waals surface area contributed by atoms with E-state index in [0.29, 0.717) is 12.3 Å². The summed E-state index contributed by atoms with van der Waals surface area (Å²) in [5.74, 6) is -0.452. The smallest absolute Gasteiger partial charge is 0.329 e. The van der Waals surface area contributed by atoms with E-state index in [2.05, 4.69) is 10.6 Å². The fourth-order valence-corrected chi connectivity index (χ4v) is 3.48. The third-order valence-corrected chi connectivity index (χ3v) is 4.90. The van der Waals surface area contributed by atoms with Crippen LogP contribution in [0.1, 0.15) is 18.9 Å². The second kappa shape index (κ2) is 9.32. The van der Waals surface area contributed by atoms with Crippen LogP contribution < -0.4 is 10.6 Å². The molecule has 1 heterocycles. The summed E-state index contributed by atoms with van der Waals surface area (Å²) in [6.45, 7) is 2.54. The monoisotopic (exact) mass is 350 g/mol. The first-order chi connectivity index (χ1) is 11.6. The van der Waals surface area contributed by atoms with Gasteiger partial charge in [-0.1, -0.05) is 30.3 Å². The number of nitrogens with one attached hydrogen (secondary N) is 2. The number of ether oxygens (including phenoxy) is 1. The van der Waals surface area contributed by atoms with Crippen LogP contribution in [0, 0.1) is 0 Å². The molecule has 1 aliphatic rings. The lowest BCUT2D eigenvalue weighted by atomic mass is 10.1. The first-order valence-corrected chi connectivity index (χ1v) is 9.04. The van der Waals surface area contributed by atoms with Crippen molar-refractivity contribution in [3.05, 3.63) is 35.9 Å². The minimum atomic E-state index is -0.625. The van der Waals surface area contributed by atoms with Crippen LogP contribution in [0.3, 0.4) is 0 Å². The first-order valence-electron chi connectivity index (χ1n) is 7.99. The summed E-state index contributed by atoms with van der Waals surface area (Å²) >= 11 is 1.32. The van der Waals surface area contributed by atoms with E-state index < -0.39 is 17.3 Å². The predicted molar refractivity (Wildman–Crippen MR) is 92.6 cm³/mol. The molecule has 2 rings (SSSR count). The van der Waals surface area contributed by atoms with Gasteiger partial charge in [0.25, 0.3) is 0 Å². The van der Waals surface area contributed by atoms with E-state index in [1.165, 1.54) is 11.8 Å². The summed E-state index contributed by atoms with van der Waals surface area (Å²) < 4.78 is 4.89. The third-order valence-electron chi connectivity index (χ3n) is 3.59. The Morgan fingerprint density at radius 1 is 1.33 bits per heavy atom. The molecule has 0 aliphatic carbocycles. The van der Waals surface area contributed by atoms with Gasteiger partial charge in [0.05, 0.1) is 11.9 Å². The zero-order valence-electron chi connectivity index (χ0n) is 13.6. The maximum atomic E-state index is 12.0. The minimum Gasteiger partial charge on any atom is -0.464 e. The van der Waals surface area contributed by atoms with Crippen molar-refractivity contribution in [3.8, 4) is 0 Å². The molecule has 24 heavy (non-hydrogen) atoms. The van der Waals surface area contributed by atoms with E-state index in [4.69, 9.17) is 4.74 Å². The fourth-order valence-electron chi connectivity index (χ4n) is 2.35. The van der Waals surface area contributed by atoms with Crippen LogP contribution in [0.2, 0.25) is 0 Å². The Kier molecular flexibility index (Phi) is 7.11. The zero-order valence-corrected chi connectivity index (χ0v) is 14.4. The molecule has 0 bridgehead atoms. The van der Waals surface area contributed by atoms with Crippen molar-refractivity contribution in [2.24, 2.45) is 0 Å². The SMILES string of the molecule is CCOC(=O)[C@H]1CS[C@@H](CC(=O)NCCc2ccccc2)C(=O)N1. The molecule has 0 unspecified atom stereocenters. The Hall–Kier alpha value is -2.02. The number of benzene rings is 1. The molecule has 130 valence electrons. The van der Waals surface area contributed by atoms with E-state index >= 15 is 0 Å². The molecule has 0 saturated carbocycles. The van der Waals surface area contributed by atoms with Gasteiger partial charge in [-0.15, -0.1) is 11.8 Å². The summed E-state index contributed by atoms with van der Waals surface area (Å²) in [7, 11) is 0. The quantitative estimate of drug-likeness (QED) is 0.714. The van der Waals surface area contributed by atoms with Gasteiger partial charge >= 0.3 is 5.97 Å². The Morgan fingerprint density at radius 2 is 2.08 bits per heavy atom. The summed E-state index contributed by atoms with van der Waals surface area (Å²) in [6.07, 6.45) is 0.863. The van der Waals surface area contributed by atoms with Gasteiger partial charge in [0.2, 0.25) is 11.8 Å². The number of amides is 2. The summed E-state index contributed by atoms with van der Waals surface area (Å²) in [4.78, 5) is 35.6. The van der Waals surface area contributed by atoms with Crippen molar-refractivity contribution in [1.29, 1.82) is 0 Å². The van der Waals surface area contributed by atoms with Crippen LogP contribution in [0.15, 0.2) is 30.3 Å². The largest absolute Gasteiger partial charge is 0.464 e. The van der Waals surface area contributed by atoms with Gasteiger partial charge in [0.1, 0.15) is 6.04 Å². The van der Waals surface area contributed by atoms with Gasteiger partial charge < -0.3 is 15.4 Å². The van der Waals surface area contributed by atoms with Crippen molar-refractivity contribution < 1.29 is 19.1 Å². The molecular formula is C17H22N2O4S. The van der Waals surface area contributed by atoms with Crippen LogP contribution >= 0.6 is 11.8 Å². The zero-order chi connectivity index (χ0) is 17.4. The highest BCUT2D eigenvalue weighted by molar-refractivity contribution is 8.00. The molecule has 6 nitrogen and oxygen atoms in total. The molecule has 0 spiro atoms. The van der Waals surface area contributed by atoms with E-state index in [1.54, 1.807) is 6.92 Å². The third kappa shape index (κ3) is 5.56. The van der Waals surface area contributed by atoms with E-state index in [9.17, 15) is 14.4 Å². The topological polar surface area (TPSA) is 84.5 Å². The first kappa shape index (κ1) is 18.3. The molecule has 0 radical (unpaired) electrons. The molecule has 2 N–H and O–H groups in total. The van der Waals surface area contributed by atoms with Crippen LogP contribution in [-0.4, -0.2) is 48.0 Å². The summed E-state index contributed by atoms with van der Waals surface area (Å²) in [5, 5.41) is 4.99. The normalized spacial score (nSPS) is 20.1. The number of thioether (sulfide) groups is 1. The number of hydrogen-bond acceptors (Lipinski definition) is 5. The Balaban J connectivity index is 1.70. The standard InChI is InChI=1S/C17H22N2O4S/c1-2-23-17(22)13-11-24-14(16(21)19-13)10-15(20)18-9-8-12-6-4-3-5-7-12/h3-7,13-14H,2,8-11H2,1H3,(H,18,20)(H,19,21)/t13-,14+/m1/s1. The molecule has 1 aromatic rings. The second-order valence-corrected chi connectivity index (χ2v) is 6.66. The van der Waals surface area contributed by atoms with Crippen molar-refractivity contribution in [2.75, 3.05) is 18.9 Å². The van der Waals surface area contributed by atoms with Crippen LogP contribution in [0.5, 0.6) is 0 Å². The molecule has 1 aromatic carbocycles. The Bertz CT molecular complexity index is 579. The molecule has 1 aliphatic heterocycles. The maximum absolute atomic E-state index is 12.0. The number of hydrogen-bond donors (Lipinski definition) is 2. The lowest BCUT2D eigenvalue weighted by molar-refractivity contribution is -0.146. The van der Waals surface area contributed by atoms with E-state index in [1.807, 2.05) is 30.3 Å². The van der Waals surface area contributed by atoms with Gasteiger partial charge in [-0.25, -0.2) is 4.79 Å². The number of carbonyl (C=O) groups is 3. The average Bonchev–Trinajstić information content (AvgIpc) is 2.58. The highest BCUT2D eigenvalue weighted by Crippen LogP contribution is 2.21. The van der Waals surface area contributed by atoms with Crippen molar-refractivity contribution in [3.63, 3.8) is 0 Å². The molecular weight excluding hydrogens is 328 g/mol. The van der Waals surface area contributed by atoms with E-state index in [-0.39, 0.29) is 24.8 Å². The Morgan fingerprint density at radius 3 is 2.75 bits per heavy atom. The van der Waals surface area contributed by atoms with Gasteiger partial charge in [0, 0.05) is 18.7 Å². The molecule has 2 atom stereocenters. The van der Waals surface area contributed by atoms with Gasteiger partial charge in [-0.2, -0.15) is 0 Å². The second-order valence-electron chi connectivity index (χ2n) is 5.42. The van der Waals surface area contributed by atoms with Gasteiger partial charge in [-0.3, -0.25) is 9.59 Å². The molecule has 7 heteroatoms. The fraction of sp³-hybridized carbons (Fsp3) is 0.471. The van der Waals surface area contributed by atoms with Crippen molar-refractivity contribution in [1.82, 2.24) is 10.6 Å². The predicted octanol–water partition coefficient (Wildman–Crippen LogP) is 0.899. The summed E-state index contributed by atoms with van der Waals surface area (Å²) in [5.41, 5.74) is 1.15. The number of esters is 1. The highest BCUT2D eigenvalue weighted by atomic mass is 32.2. The molecule has 0 aromatic heterocycles. The number of rotatable bonds is 7.